The number of nitriles is 1. The van der Waals surface area contributed by atoms with Crippen LogP contribution in [0.15, 0.2) is 18.2 Å². The van der Waals surface area contributed by atoms with Gasteiger partial charge in [-0.1, -0.05) is 23.2 Å². The molecule has 2 rings (SSSR count). The van der Waals surface area contributed by atoms with Crippen molar-refractivity contribution in [3.63, 3.8) is 0 Å². The minimum atomic E-state index is -0.181. The monoisotopic (exact) mass is 385 g/mol. The summed E-state index contributed by atoms with van der Waals surface area (Å²) in [6.45, 7) is 4.67. The van der Waals surface area contributed by atoms with E-state index in [1.54, 1.807) is 23.1 Å². The lowest BCUT2D eigenvalue weighted by Gasteiger charge is -2.29. The van der Waals surface area contributed by atoms with Gasteiger partial charge in [0.1, 0.15) is 5.75 Å². The number of hydrogen-bond donors (Lipinski definition) is 0. The van der Waals surface area contributed by atoms with Crippen LogP contribution in [0.25, 0.3) is 0 Å². The Bertz CT molecular complexity index is 616. The van der Waals surface area contributed by atoms with E-state index >= 15 is 0 Å². The van der Waals surface area contributed by atoms with Gasteiger partial charge in [0.2, 0.25) is 0 Å². The quantitative estimate of drug-likeness (QED) is 0.687. The minimum absolute atomic E-state index is 0.144. The summed E-state index contributed by atoms with van der Waals surface area (Å²) < 4.78 is 10.8. The minimum Gasteiger partial charge on any atom is -0.482 e. The van der Waals surface area contributed by atoms with Crippen LogP contribution in [-0.2, 0) is 9.53 Å². The van der Waals surface area contributed by atoms with Crippen molar-refractivity contribution >= 4 is 29.1 Å². The summed E-state index contributed by atoms with van der Waals surface area (Å²) in [6.07, 6.45) is 0.284. The van der Waals surface area contributed by atoms with Gasteiger partial charge in [0, 0.05) is 43.8 Å². The van der Waals surface area contributed by atoms with Gasteiger partial charge >= 0.3 is 0 Å². The van der Waals surface area contributed by atoms with Crippen LogP contribution in [0.5, 0.6) is 5.75 Å². The molecule has 1 fully saturated rings. The molecule has 136 valence electrons. The van der Waals surface area contributed by atoms with Crippen molar-refractivity contribution in [1.29, 1.82) is 5.26 Å². The molecule has 0 bridgehead atoms. The predicted molar refractivity (Wildman–Crippen MR) is 96.0 cm³/mol. The molecule has 0 aliphatic carbocycles. The highest BCUT2D eigenvalue weighted by molar-refractivity contribution is 6.34. The Morgan fingerprint density at radius 1 is 1.32 bits per heavy atom. The topological polar surface area (TPSA) is 65.8 Å². The molecular weight excluding hydrogens is 365 g/mol. The number of carbonyl (C=O) groups excluding carboxylic acids is 1. The number of carbonyl (C=O) groups is 1. The number of amides is 1. The van der Waals surface area contributed by atoms with E-state index in [2.05, 4.69) is 11.0 Å². The van der Waals surface area contributed by atoms with Gasteiger partial charge in [-0.25, -0.2) is 0 Å². The lowest BCUT2D eigenvalue weighted by atomic mass is 10.3. The van der Waals surface area contributed by atoms with Crippen LogP contribution in [0.1, 0.15) is 6.42 Å². The van der Waals surface area contributed by atoms with Crippen molar-refractivity contribution in [2.24, 2.45) is 0 Å². The van der Waals surface area contributed by atoms with E-state index in [1.165, 1.54) is 0 Å². The van der Waals surface area contributed by atoms with Crippen molar-refractivity contribution in [3.8, 4) is 11.8 Å². The van der Waals surface area contributed by atoms with Crippen LogP contribution in [0, 0.1) is 11.3 Å². The lowest BCUT2D eigenvalue weighted by molar-refractivity contribution is -0.133. The molecule has 0 spiro atoms. The molecule has 0 atom stereocenters. The Morgan fingerprint density at radius 2 is 2.08 bits per heavy atom. The maximum absolute atomic E-state index is 12.5. The first-order valence-corrected chi connectivity index (χ1v) is 8.88. The third kappa shape index (κ3) is 6.71. The maximum Gasteiger partial charge on any atom is 0.260 e. The predicted octanol–water partition coefficient (Wildman–Crippen LogP) is 2.45. The van der Waals surface area contributed by atoms with Gasteiger partial charge in [-0.2, -0.15) is 5.26 Å². The zero-order valence-corrected chi connectivity index (χ0v) is 15.4. The summed E-state index contributed by atoms with van der Waals surface area (Å²) in [7, 11) is 0. The van der Waals surface area contributed by atoms with E-state index in [-0.39, 0.29) is 18.9 Å². The fourth-order valence-corrected chi connectivity index (χ4v) is 2.79. The zero-order chi connectivity index (χ0) is 18.1. The zero-order valence-electron chi connectivity index (χ0n) is 13.9. The molecule has 6 nitrogen and oxygen atoms in total. The summed E-state index contributed by atoms with van der Waals surface area (Å²) in [5.74, 6) is 0.190. The Hall–Kier alpha value is -1.52. The third-order valence-corrected chi connectivity index (χ3v) is 4.43. The van der Waals surface area contributed by atoms with Crippen LogP contribution in [0.3, 0.4) is 0 Å². The number of halogens is 2. The lowest BCUT2D eigenvalue weighted by Crippen LogP contribution is -2.44. The summed E-state index contributed by atoms with van der Waals surface area (Å²) in [5.41, 5.74) is 0. The first-order chi connectivity index (χ1) is 12.1. The average molecular weight is 386 g/mol. The van der Waals surface area contributed by atoms with Crippen LogP contribution < -0.4 is 4.74 Å². The number of morpholine rings is 1. The smallest absolute Gasteiger partial charge is 0.260 e. The summed E-state index contributed by atoms with van der Waals surface area (Å²) in [6, 6.07) is 6.92. The number of nitrogens with zero attached hydrogens (tertiary/aromatic N) is 3. The van der Waals surface area contributed by atoms with Gasteiger partial charge in [0.05, 0.1) is 30.7 Å². The van der Waals surface area contributed by atoms with Gasteiger partial charge in [0.25, 0.3) is 5.91 Å². The Morgan fingerprint density at radius 3 is 2.80 bits per heavy atom. The molecule has 0 N–H and O–H groups in total. The van der Waals surface area contributed by atoms with Gasteiger partial charge in [-0.15, -0.1) is 0 Å². The molecule has 1 aromatic carbocycles. The van der Waals surface area contributed by atoms with Gasteiger partial charge < -0.3 is 14.4 Å². The number of ether oxygens (including phenoxy) is 2. The largest absolute Gasteiger partial charge is 0.482 e. The SMILES string of the molecule is N#CCCN(CCN1CCOCC1)C(=O)COc1cc(Cl)ccc1Cl. The first-order valence-electron chi connectivity index (χ1n) is 8.13. The molecule has 0 saturated carbocycles. The van der Waals surface area contributed by atoms with Gasteiger partial charge in [-0.05, 0) is 12.1 Å². The molecule has 0 unspecified atom stereocenters. The van der Waals surface area contributed by atoms with Crippen LogP contribution in [-0.4, -0.2) is 68.3 Å². The summed E-state index contributed by atoms with van der Waals surface area (Å²) in [4.78, 5) is 16.4. The second kappa shape index (κ2) is 10.5. The van der Waals surface area contributed by atoms with E-state index in [4.69, 9.17) is 37.9 Å². The highest BCUT2D eigenvalue weighted by Gasteiger charge is 2.17. The molecule has 1 aromatic rings. The third-order valence-electron chi connectivity index (χ3n) is 3.88. The molecule has 1 amide bonds. The van der Waals surface area contributed by atoms with Crippen molar-refractivity contribution in [2.45, 2.75) is 6.42 Å². The fourth-order valence-electron chi connectivity index (χ4n) is 2.45. The van der Waals surface area contributed by atoms with Crippen molar-refractivity contribution in [2.75, 3.05) is 52.5 Å². The number of benzene rings is 1. The van der Waals surface area contributed by atoms with E-state index in [0.717, 1.165) is 19.6 Å². The van der Waals surface area contributed by atoms with E-state index in [9.17, 15) is 4.79 Å². The van der Waals surface area contributed by atoms with E-state index < -0.39 is 0 Å². The Labute approximate surface area is 157 Å². The second-order valence-corrected chi connectivity index (χ2v) is 6.45. The normalized spacial score (nSPS) is 14.8. The Balaban J connectivity index is 1.88. The number of hydrogen-bond acceptors (Lipinski definition) is 5. The molecule has 0 aromatic heterocycles. The van der Waals surface area contributed by atoms with Crippen LogP contribution in [0.4, 0.5) is 0 Å². The Kier molecular flexibility index (Phi) is 8.29. The average Bonchev–Trinajstić information content (AvgIpc) is 2.63. The van der Waals surface area contributed by atoms with Crippen LogP contribution in [0.2, 0.25) is 10.0 Å². The molecular formula is C17H21Cl2N3O3. The highest BCUT2D eigenvalue weighted by atomic mass is 35.5. The molecule has 1 aliphatic heterocycles. The summed E-state index contributed by atoms with van der Waals surface area (Å²) in [5, 5.41) is 9.69. The van der Waals surface area contributed by atoms with E-state index in [0.29, 0.717) is 42.1 Å². The first kappa shape index (κ1) is 19.8. The molecule has 25 heavy (non-hydrogen) atoms. The van der Waals surface area contributed by atoms with Gasteiger partial charge in [0.15, 0.2) is 6.61 Å². The second-order valence-electron chi connectivity index (χ2n) is 5.61. The summed E-state index contributed by atoms with van der Waals surface area (Å²) >= 11 is 11.9. The fraction of sp³-hybridized carbons (Fsp3) is 0.529. The molecule has 1 heterocycles. The van der Waals surface area contributed by atoms with Crippen LogP contribution >= 0.6 is 23.2 Å². The maximum atomic E-state index is 12.5. The molecule has 0 radical (unpaired) electrons. The van der Waals surface area contributed by atoms with Crippen molar-refractivity contribution in [3.05, 3.63) is 28.2 Å². The standard InChI is InChI=1S/C17H21Cl2N3O3/c18-14-2-3-15(19)16(12-14)25-13-17(23)22(5-1-4-20)7-6-21-8-10-24-11-9-21/h2-3,12H,1,5-11,13H2. The molecule has 1 saturated heterocycles. The number of rotatable bonds is 8. The highest BCUT2D eigenvalue weighted by Crippen LogP contribution is 2.27. The van der Waals surface area contributed by atoms with Crippen molar-refractivity contribution in [1.82, 2.24) is 9.80 Å². The van der Waals surface area contributed by atoms with Gasteiger partial charge in [-0.3, -0.25) is 9.69 Å². The molecule has 1 aliphatic rings. The molecule has 8 heteroatoms. The van der Waals surface area contributed by atoms with E-state index in [1.807, 2.05) is 0 Å². The van der Waals surface area contributed by atoms with Crippen molar-refractivity contribution < 1.29 is 14.3 Å².